The molecule has 0 fully saturated rings. The summed E-state index contributed by atoms with van der Waals surface area (Å²) in [6.45, 7) is 1.43. The van der Waals surface area contributed by atoms with Crippen LogP contribution in [-0.4, -0.2) is 10.7 Å². The van der Waals surface area contributed by atoms with Crippen molar-refractivity contribution in [1.82, 2.24) is 0 Å². The summed E-state index contributed by atoms with van der Waals surface area (Å²) in [5, 5.41) is 11.1. The quantitative estimate of drug-likeness (QED) is 0.479. The van der Waals surface area contributed by atoms with Gasteiger partial charge in [-0.05, 0) is 24.3 Å². The number of Topliss-reactive ketones (excluding diaryl/α,β-unsaturated/α-hetero) is 1. The Morgan fingerprint density at radius 2 is 1.89 bits per heavy atom. The molecule has 0 radical (unpaired) electrons. The molecule has 1 aromatic carbocycles. The molecule has 5 nitrogen and oxygen atoms in total. The highest BCUT2D eigenvalue weighted by atomic mass is 32.2. The van der Waals surface area contributed by atoms with Crippen LogP contribution in [0.4, 0.5) is 5.69 Å². The summed E-state index contributed by atoms with van der Waals surface area (Å²) in [5.41, 5.74) is 0.0446. The second-order valence-electron chi connectivity index (χ2n) is 3.53. The van der Waals surface area contributed by atoms with E-state index in [1.54, 1.807) is 24.3 Å². The summed E-state index contributed by atoms with van der Waals surface area (Å²) >= 11 is 1.30. The van der Waals surface area contributed by atoms with E-state index in [4.69, 9.17) is 4.42 Å². The number of ketones is 1. The molecule has 0 spiro atoms. The third kappa shape index (κ3) is 2.78. The second-order valence-corrected chi connectivity index (χ2v) is 4.61. The van der Waals surface area contributed by atoms with Gasteiger partial charge in [0.25, 0.3) is 5.69 Å². The number of rotatable bonds is 4. The van der Waals surface area contributed by atoms with Crippen LogP contribution in [0.1, 0.15) is 17.5 Å². The lowest BCUT2D eigenvalue weighted by molar-refractivity contribution is -0.384. The number of hydrogen-bond donors (Lipinski definition) is 0. The zero-order chi connectivity index (χ0) is 13.1. The van der Waals surface area contributed by atoms with Crippen molar-refractivity contribution in [2.75, 3.05) is 0 Å². The van der Waals surface area contributed by atoms with Crippen molar-refractivity contribution >= 4 is 23.2 Å². The molecule has 2 rings (SSSR count). The molecular weight excluding hydrogens is 254 g/mol. The normalized spacial score (nSPS) is 10.3. The highest BCUT2D eigenvalue weighted by Crippen LogP contribution is 2.30. The first kappa shape index (κ1) is 12.4. The molecule has 0 atom stereocenters. The van der Waals surface area contributed by atoms with E-state index in [-0.39, 0.29) is 11.5 Å². The number of carbonyl (C=O) groups is 1. The maximum absolute atomic E-state index is 11.1. The molecule has 0 aliphatic rings. The summed E-state index contributed by atoms with van der Waals surface area (Å²) in [4.78, 5) is 21.9. The molecule has 2 aromatic rings. The SMILES string of the molecule is CC(=O)c1ccc(Sc2ccc([N+](=O)[O-])cc2)o1. The molecule has 0 bridgehead atoms. The summed E-state index contributed by atoms with van der Waals surface area (Å²) in [6, 6.07) is 9.44. The fourth-order valence-corrected chi connectivity index (χ4v) is 2.09. The van der Waals surface area contributed by atoms with Crippen LogP contribution >= 0.6 is 11.8 Å². The van der Waals surface area contributed by atoms with Crippen LogP contribution in [0.3, 0.4) is 0 Å². The standard InChI is InChI=1S/C12H9NO4S/c1-8(14)11-6-7-12(17-11)18-10-4-2-9(3-5-10)13(15)16/h2-7H,1H3. The van der Waals surface area contributed by atoms with Crippen molar-refractivity contribution < 1.29 is 14.1 Å². The van der Waals surface area contributed by atoms with Gasteiger partial charge in [-0.25, -0.2) is 0 Å². The molecule has 0 amide bonds. The van der Waals surface area contributed by atoms with E-state index in [2.05, 4.69) is 0 Å². The van der Waals surface area contributed by atoms with Crippen LogP contribution in [-0.2, 0) is 0 Å². The van der Waals surface area contributed by atoms with Gasteiger partial charge in [0, 0.05) is 24.0 Å². The predicted molar refractivity (Wildman–Crippen MR) is 65.9 cm³/mol. The average molecular weight is 263 g/mol. The largest absolute Gasteiger partial charge is 0.446 e. The van der Waals surface area contributed by atoms with E-state index in [0.29, 0.717) is 10.9 Å². The van der Waals surface area contributed by atoms with Crippen LogP contribution in [0, 0.1) is 10.1 Å². The lowest BCUT2D eigenvalue weighted by Gasteiger charge is -1.97. The fourth-order valence-electron chi connectivity index (χ4n) is 1.32. The zero-order valence-corrected chi connectivity index (χ0v) is 10.3. The molecule has 1 heterocycles. The Morgan fingerprint density at radius 1 is 1.22 bits per heavy atom. The van der Waals surface area contributed by atoms with Crippen LogP contribution in [0.5, 0.6) is 0 Å². The molecule has 6 heteroatoms. The number of benzene rings is 1. The minimum atomic E-state index is -0.449. The Balaban J connectivity index is 2.13. The molecular formula is C12H9NO4S. The van der Waals surface area contributed by atoms with Gasteiger partial charge in [-0.1, -0.05) is 11.8 Å². The average Bonchev–Trinajstić information content (AvgIpc) is 2.78. The van der Waals surface area contributed by atoms with Gasteiger partial charge in [0.1, 0.15) is 0 Å². The monoisotopic (exact) mass is 263 g/mol. The topological polar surface area (TPSA) is 73.3 Å². The van der Waals surface area contributed by atoms with Crippen molar-refractivity contribution in [2.24, 2.45) is 0 Å². The maximum Gasteiger partial charge on any atom is 0.269 e. The van der Waals surface area contributed by atoms with E-state index in [0.717, 1.165) is 4.90 Å². The van der Waals surface area contributed by atoms with Crippen molar-refractivity contribution in [1.29, 1.82) is 0 Å². The zero-order valence-electron chi connectivity index (χ0n) is 9.45. The van der Waals surface area contributed by atoms with E-state index < -0.39 is 4.92 Å². The van der Waals surface area contributed by atoms with Crippen LogP contribution in [0.15, 0.2) is 50.8 Å². The number of hydrogen-bond acceptors (Lipinski definition) is 5. The molecule has 0 saturated heterocycles. The maximum atomic E-state index is 11.1. The van der Waals surface area contributed by atoms with E-state index in [1.807, 2.05) is 0 Å². The van der Waals surface area contributed by atoms with Gasteiger partial charge in [-0.15, -0.1) is 0 Å². The molecule has 1 aromatic heterocycles. The first-order chi connectivity index (χ1) is 8.56. The van der Waals surface area contributed by atoms with Crippen LogP contribution in [0.2, 0.25) is 0 Å². The Bertz CT molecular complexity index is 588. The summed E-state index contributed by atoms with van der Waals surface area (Å²) in [7, 11) is 0. The fraction of sp³-hybridized carbons (Fsp3) is 0.0833. The Hall–Kier alpha value is -2.08. The van der Waals surface area contributed by atoms with Gasteiger partial charge in [0.2, 0.25) is 0 Å². The highest BCUT2D eigenvalue weighted by Gasteiger charge is 2.09. The minimum absolute atomic E-state index is 0.0446. The van der Waals surface area contributed by atoms with Gasteiger partial charge in [0.05, 0.1) is 4.92 Å². The van der Waals surface area contributed by atoms with Gasteiger partial charge in [0.15, 0.2) is 16.6 Å². The molecule has 18 heavy (non-hydrogen) atoms. The third-order valence-electron chi connectivity index (χ3n) is 2.19. The Labute approximate surface area is 107 Å². The molecule has 0 N–H and O–H groups in total. The van der Waals surface area contributed by atoms with Crippen LogP contribution in [0.25, 0.3) is 0 Å². The van der Waals surface area contributed by atoms with Crippen molar-refractivity contribution in [3.8, 4) is 0 Å². The predicted octanol–water partition coefficient (Wildman–Crippen LogP) is 3.54. The number of carbonyl (C=O) groups excluding carboxylic acids is 1. The second kappa shape index (κ2) is 5.05. The van der Waals surface area contributed by atoms with Gasteiger partial charge >= 0.3 is 0 Å². The van der Waals surface area contributed by atoms with E-state index in [1.165, 1.54) is 30.8 Å². The Morgan fingerprint density at radius 3 is 2.39 bits per heavy atom. The number of nitro benzene ring substituents is 1. The number of nitro groups is 1. The Kier molecular flexibility index (Phi) is 3.47. The first-order valence-electron chi connectivity index (χ1n) is 5.09. The number of nitrogens with zero attached hydrogens (tertiary/aromatic N) is 1. The van der Waals surface area contributed by atoms with E-state index in [9.17, 15) is 14.9 Å². The summed E-state index contributed by atoms with van der Waals surface area (Å²) in [5.74, 6) is 0.171. The molecule has 0 unspecified atom stereocenters. The lowest BCUT2D eigenvalue weighted by atomic mass is 10.3. The molecule has 0 saturated carbocycles. The van der Waals surface area contributed by atoms with Gasteiger partial charge in [-0.2, -0.15) is 0 Å². The smallest absolute Gasteiger partial charge is 0.269 e. The first-order valence-corrected chi connectivity index (χ1v) is 5.91. The summed E-state index contributed by atoms with van der Waals surface area (Å²) < 4.78 is 5.31. The van der Waals surface area contributed by atoms with Gasteiger partial charge < -0.3 is 4.42 Å². The molecule has 92 valence electrons. The van der Waals surface area contributed by atoms with Crippen molar-refractivity contribution in [3.05, 3.63) is 52.3 Å². The third-order valence-corrected chi connectivity index (χ3v) is 3.12. The molecule has 0 aliphatic heterocycles. The summed E-state index contributed by atoms with van der Waals surface area (Å²) in [6.07, 6.45) is 0. The molecule has 0 aliphatic carbocycles. The number of furan rings is 1. The lowest BCUT2D eigenvalue weighted by Crippen LogP contribution is -1.86. The van der Waals surface area contributed by atoms with Crippen molar-refractivity contribution in [2.45, 2.75) is 16.9 Å². The minimum Gasteiger partial charge on any atom is -0.446 e. The number of non-ortho nitro benzene ring substituents is 1. The van der Waals surface area contributed by atoms with E-state index >= 15 is 0 Å². The van der Waals surface area contributed by atoms with Crippen molar-refractivity contribution in [3.63, 3.8) is 0 Å². The van der Waals surface area contributed by atoms with Gasteiger partial charge in [-0.3, -0.25) is 14.9 Å². The van der Waals surface area contributed by atoms with Crippen LogP contribution < -0.4 is 0 Å². The highest BCUT2D eigenvalue weighted by molar-refractivity contribution is 7.99.